The Hall–Kier alpha value is -3.00. The predicted molar refractivity (Wildman–Crippen MR) is 102 cm³/mol. The van der Waals surface area contributed by atoms with Gasteiger partial charge >= 0.3 is 0 Å². The molecule has 2 aromatic carbocycles. The van der Waals surface area contributed by atoms with Gasteiger partial charge < -0.3 is 14.8 Å². The van der Waals surface area contributed by atoms with E-state index in [4.69, 9.17) is 0 Å². The van der Waals surface area contributed by atoms with Crippen LogP contribution in [0.15, 0.2) is 52.7 Å². The monoisotopic (exact) mass is 370 g/mol. The Labute approximate surface area is 154 Å². The summed E-state index contributed by atoms with van der Waals surface area (Å²) in [6.07, 6.45) is 1.39. The number of hydrogen-bond acceptors (Lipinski definition) is 6. The number of nitrogens with zero attached hydrogens (tertiary/aromatic N) is 3. The van der Waals surface area contributed by atoms with Crippen LogP contribution in [0.2, 0.25) is 0 Å². The van der Waals surface area contributed by atoms with E-state index in [0.29, 0.717) is 5.56 Å². The molecule has 0 bridgehead atoms. The van der Waals surface area contributed by atoms with Gasteiger partial charge in [-0.15, -0.1) is 0 Å². The summed E-state index contributed by atoms with van der Waals surface area (Å²) in [7, 11) is 0. The van der Waals surface area contributed by atoms with Gasteiger partial charge in [-0.05, 0) is 42.8 Å². The highest BCUT2D eigenvalue weighted by Crippen LogP contribution is 2.24. The summed E-state index contributed by atoms with van der Waals surface area (Å²) in [5.74, 6) is -0.527. The summed E-state index contributed by atoms with van der Waals surface area (Å²) in [4.78, 5) is 16.5. The molecule has 0 radical (unpaired) electrons. The summed E-state index contributed by atoms with van der Waals surface area (Å²) in [5.41, 5.74) is 4.94. The van der Waals surface area contributed by atoms with Crippen LogP contribution < -0.4 is 5.43 Å². The molecular formula is C18H18N4O3S. The van der Waals surface area contributed by atoms with Crippen molar-refractivity contribution in [3.8, 4) is 11.5 Å². The molecular weight excluding hydrogens is 352 g/mol. The molecule has 0 saturated heterocycles. The van der Waals surface area contributed by atoms with Gasteiger partial charge in [0.2, 0.25) is 0 Å². The summed E-state index contributed by atoms with van der Waals surface area (Å²) in [6.45, 7) is 2.81. The van der Waals surface area contributed by atoms with E-state index in [9.17, 15) is 15.0 Å². The molecule has 8 heteroatoms. The van der Waals surface area contributed by atoms with Crippen molar-refractivity contribution in [2.45, 2.75) is 18.6 Å². The molecule has 1 heterocycles. The average Bonchev–Trinajstić information content (AvgIpc) is 3.00. The SMILES string of the molecule is CCn1c(SCC(=O)NN=Cc2ccc(O)c(O)c2)nc2ccccc21. The van der Waals surface area contributed by atoms with Gasteiger partial charge in [0.25, 0.3) is 5.91 Å². The van der Waals surface area contributed by atoms with Crippen molar-refractivity contribution < 1.29 is 15.0 Å². The van der Waals surface area contributed by atoms with E-state index in [1.807, 2.05) is 31.2 Å². The second-order valence-electron chi connectivity index (χ2n) is 5.46. The molecule has 134 valence electrons. The van der Waals surface area contributed by atoms with E-state index in [1.165, 1.54) is 30.1 Å². The lowest BCUT2D eigenvalue weighted by atomic mass is 10.2. The molecule has 7 nitrogen and oxygen atoms in total. The number of hydrogen-bond donors (Lipinski definition) is 3. The van der Waals surface area contributed by atoms with Gasteiger partial charge in [-0.1, -0.05) is 23.9 Å². The number of aryl methyl sites for hydroxylation is 1. The molecule has 0 saturated carbocycles. The number of benzene rings is 2. The number of nitrogens with one attached hydrogen (secondary N) is 1. The van der Waals surface area contributed by atoms with Crippen molar-refractivity contribution in [3.05, 3.63) is 48.0 Å². The van der Waals surface area contributed by atoms with E-state index >= 15 is 0 Å². The second-order valence-corrected chi connectivity index (χ2v) is 6.40. The van der Waals surface area contributed by atoms with Gasteiger partial charge in [-0.2, -0.15) is 5.10 Å². The lowest BCUT2D eigenvalue weighted by Gasteiger charge is -2.05. The minimum Gasteiger partial charge on any atom is -0.504 e. The van der Waals surface area contributed by atoms with Crippen molar-refractivity contribution >= 4 is 34.9 Å². The number of phenols is 2. The van der Waals surface area contributed by atoms with E-state index < -0.39 is 0 Å². The number of fused-ring (bicyclic) bond motifs is 1. The zero-order valence-electron chi connectivity index (χ0n) is 14.1. The fraction of sp³-hybridized carbons (Fsp3) is 0.167. The smallest absolute Gasteiger partial charge is 0.250 e. The van der Waals surface area contributed by atoms with Gasteiger partial charge in [0, 0.05) is 6.54 Å². The lowest BCUT2D eigenvalue weighted by molar-refractivity contribution is -0.118. The molecule has 0 fully saturated rings. The molecule has 1 aromatic heterocycles. The number of amides is 1. The fourth-order valence-electron chi connectivity index (χ4n) is 2.43. The summed E-state index contributed by atoms with van der Waals surface area (Å²) < 4.78 is 2.07. The van der Waals surface area contributed by atoms with E-state index in [2.05, 4.69) is 20.1 Å². The van der Waals surface area contributed by atoms with Crippen molar-refractivity contribution in [2.75, 3.05) is 5.75 Å². The van der Waals surface area contributed by atoms with Gasteiger partial charge in [0.15, 0.2) is 16.7 Å². The highest BCUT2D eigenvalue weighted by atomic mass is 32.2. The van der Waals surface area contributed by atoms with Crippen LogP contribution in [0.3, 0.4) is 0 Å². The topological polar surface area (TPSA) is 99.7 Å². The first-order valence-corrected chi connectivity index (χ1v) is 8.99. The number of thioether (sulfide) groups is 1. The van der Waals surface area contributed by atoms with E-state index in [0.717, 1.165) is 22.7 Å². The number of para-hydroxylation sites is 2. The Bertz CT molecular complexity index is 968. The summed E-state index contributed by atoms with van der Waals surface area (Å²) >= 11 is 1.35. The first-order valence-electron chi connectivity index (χ1n) is 8.00. The van der Waals surface area contributed by atoms with Crippen LogP contribution in [0.1, 0.15) is 12.5 Å². The van der Waals surface area contributed by atoms with Crippen molar-refractivity contribution in [1.82, 2.24) is 15.0 Å². The quantitative estimate of drug-likeness (QED) is 0.268. The van der Waals surface area contributed by atoms with Gasteiger partial charge in [0.05, 0.1) is 23.0 Å². The molecule has 0 unspecified atom stereocenters. The third kappa shape index (κ3) is 3.97. The van der Waals surface area contributed by atoms with Crippen LogP contribution in [0.25, 0.3) is 11.0 Å². The molecule has 0 spiro atoms. The maximum atomic E-state index is 12.0. The summed E-state index contributed by atoms with van der Waals surface area (Å²) in [5, 5.41) is 23.3. The Morgan fingerprint density at radius 3 is 2.85 bits per heavy atom. The molecule has 0 aliphatic heterocycles. The number of rotatable bonds is 6. The minimum atomic E-state index is -0.260. The normalized spacial score (nSPS) is 11.3. The number of aromatic hydroxyl groups is 2. The maximum absolute atomic E-state index is 12.0. The second kappa shape index (κ2) is 7.92. The fourth-order valence-corrected chi connectivity index (χ4v) is 3.30. The van der Waals surface area contributed by atoms with Crippen LogP contribution in [-0.4, -0.2) is 37.6 Å². The van der Waals surface area contributed by atoms with Crippen molar-refractivity contribution in [3.63, 3.8) is 0 Å². The van der Waals surface area contributed by atoms with E-state index in [-0.39, 0.29) is 23.2 Å². The third-order valence-electron chi connectivity index (χ3n) is 3.67. The molecule has 3 rings (SSSR count). The highest BCUT2D eigenvalue weighted by molar-refractivity contribution is 7.99. The van der Waals surface area contributed by atoms with Crippen LogP contribution in [0.4, 0.5) is 0 Å². The first-order chi connectivity index (χ1) is 12.6. The van der Waals surface area contributed by atoms with Gasteiger partial charge in [-0.3, -0.25) is 4.79 Å². The zero-order valence-corrected chi connectivity index (χ0v) is 14.9. The Kier molecular flexibility index (Phi) is 5.43. The predicted octanol–water partition coefficient (Wildman–Crippen LogP) is 2.71. The largest absolute Gasteiger partial charge is 0.504 e. The van der Waals surface area contributed by atoms with Crippen molar-refractivity contribution in [2.24, 2.45) is 5.10 Å². The molecule has 3 aromatic rings. The maximum Gasteiger partial charge on any atom is 0.250 e. The van der Waals surface area contributed by atoms with Crippen LogP contribution in [0, 0.1) is 0 Å². The number of aromatic nitrogens is 2. The van der Waals surface area contributed by atoms with Crippen LogP contribution in [0.5, 0.6) is 11.5 Å². The molecule has 0 atom stereocenters. The molecule has 0 aliphatic rings. The molecule has 1 amide bonds. The van der Waals surface area contributed by atoms with Crippen LogP contribution in [-0.2, 0) is 11.3 Å². The number of phenolic OH excluding ortho intramolecular Hbond substituents is 2. The van der Waals surface area contributed by atoms with E-state index in [1.54, 1.807) is 6.07 Å². The third-order valence-corrected chi connectivity index (χ3v) is 4.65. The standard InChI is InChI=1S/C18H18N4O3S/c1-2-22-14-6-4-3-5-13(14)20-18(22)26-11-17(25)21-19-10-12-7-8-15(23)16(24)9-12/h3-10,23-24H,2,11H2,1H3,(H,21,25). The summed E-state index contributed by atoms with van der Waals surface area (Å²) in [6, 6.07) is 12.1. The molecule has 3 N–H and O–H groups in total. The molecule has 0 aliphatic carbocycles. The minimum absolute atomic E-state index is 0.182. The van der Waals surface area contributed by atoms with Gasteiger partial charge in [0.1, 0.15) is 0 Å². The zero-order chi connectivity index (χ0) is 18.5. The van der Waals surface area contributed by atoms with Crippen LogP contribution >= 0.6 is 11.8 Å². The van der Waals surface area contributed by atoms with Gasteiger partial charge in [-0.25, -0.2) is 10.4 Å². The number of hydrazone groups is 1. The lowest BCUT2D eigenvalue weighted by Crippen LogP contribution is -2.20. The number of carbonyl (C=O) groups excluding carboxylic acids is 1. The Balaban J connectivity index is 1.59. The Morgan fingerprint density at radius 2 is 2.08 bits per heavy atom. The average molecular weight is 370 g/mol. The number of imidazole rings is 1. The van der Waals surface area contributed by atoms with Crippen molar-refractivity contribution in [1.29, 1.82) is 0 Å². The first kappa shape index (κ1) is 17.8. The Morgan fingerprint density at radius 1 is 1.27 bits per heavy atom. The highest BCUT2D eigenvalue weighted by Gasteiger charge is 2.11. The molecule has 26 heavy (non-hydrogen) atoms. The number of carbonyl (C=O) groups is 1.